The molecule has 4 rings (SSSR count). The van der Waals surface area contributed by atoms with Crippen LogP contribution in [0.5, 0.6) is 0 Å². The Bertz CT molecular complexity index is 1100. The van der Waals surface area contributed by atoms with Crippen molar-refractivity contribution >= 4 is 28.3 Å². The zero-order valence-corrected chi connectivity index (χ0v) is 15.7. The van der Waals surface area contributed by atoms with Gasteiger partial charge < -0.3 is 15.6 Å². The number of carbonyl (C=O) groups is 1. The maximum atomic E-state index is 12.4. The third-order valence-electron chi connectivity index (χ3n) is 4.79. The van der Waals surface area contributed by atoms with Gasteiger partial charge >= 0.3 is 0 Å². The SMILES string of the molecule is Cc1ccccc1Nc1ccc(C(=O)NCCc2c[nH]c3ccccc23)cn1. The average Bonchev–Trinajstić information content (AvgIpc) is 3.13. The van der Waals surface area contributed by atoms with Crippen LogP contribution < -0.4 is 10.6 Å². The molecule has 0 fully saturated rings. The van der Waals surface area contributed by atoms with Gasteiger partial charge in [-0.15, -0.1) is 0 Å². The predicted octanol–water partition coefficient (Wildman–Crippen LogP) is 4.59. The van der Waals surface area contributed by atoms with Crippen molar-refractivity contribution in [3.8, 4) is 0 Å². The standard InChI is InChI=1S/C23H22N4O/c1-16-6-2-4-8-20(16)27-22-11-10-18(15-26-22)23(28)24-13-12-17-14-25-21-9-5-3-7-19(17)21/h2-11,14-15,25H,12-13H2,1H3,(H,24,28)(H,26,27). The van der Waals surface area contributed by atoms with E-state index in [0.29, 0.717) is 17.9 Å². The Labute approximate surface area is 163 Å². The van der Waals surface area contributed by atoms with E-state index in [1.165, 1.54) is 10.9 Å². The normalized spacial score (nSPS) is 10.8. The fourth-order valence-electron chi connectivity index (χ4n) is 3.20. The first-order chi connectivity index (χ1) is 13.7. The molecule has 0 atom stereocenters. The number of aromatic amines is 1. The Morgan fingerprint density at radius 2 is 1.86 bits per heavy atom. The van der Waals surface area contributed by atoms with Crippen molar-refractivity contribution < 1.29 is 4.79 Å². The molecule has 2 aromatic heterocycles. The van der Waals surface area contributed by atoms with E-state index in [4.69, 9.17) is 0 Å². The summed E-state index contributed by atoms with van der Waals surface area (Å²) in [6, 6.07) is 19.8. The van der Waals surface area contributed by atoms with E-state index in [-0.39, 0.29) is 5.91 Å². The average molecular weight is 370 g/mol. The Hall–Kier alpha value is -3.60. The molecule has 2 heterocycles. The number of benzene rings is 2. The number of para-hydroxylation sites is 2. The van der Waals surface area contributed by atoms with Gasteiger partial charge in [0.1, 0.15) is 5.82 Å². The van der Waals surface area contributed by atoms with Gasteiger partial charge in [-0.2, -0.15) is 0 Å². The van der Waals surface area contributed by atoms with Crippen LogP contribution in [0.4, 0.5) is 11.5 Å². The van der Waals surface area contributed by atoms with Gasteiger partial charge in [0.25, 0.3) is 5.91 Å². The number of amides is 1. The number of carbonyl (C=O) groups excluding carboxylic acids is 1. The highest BCUT2D eigenvalue weighted by Crippen LogP contribution is 2.19. The van der Waals surface area contributed by atoms with Gasteiger partial charge in [0, 0.05) is 35.5 Å². The van der Waals surface area contributed by atoms with Gasteiger partial charge in [-0.05, 0) is 48.7 Å². The van der Waals surface area contributed by atoms with Crippen molar-refractivity contribution in [2.24, 2.45) is 0 Å². The predicted molar refractivity (Wildman–Crippen MR) is 113 cm³/mol. The van der Waals surface area contributed by atoms with Crippen molar-refractivity contribution in [2.75, 3.05) is 11.9 Å². The summed E-state index contributed by atoms with van der Waals surface area (Å²) in [4.78, 5) is 20.0. The molecule has 2 aromatic carbocycles. The van der Waals surface area contributed by atoms with Gasteiger partial charge in [0.05, 0.1) is 5.56 Å². The zero-order chi connectivity index (χ0) is 19.3. The molecule has 0 aliphatic rings. The quantitative estimate of drug-likeness (QED) is 0.465. The Morgan fingerprint density at radius 1 is 1.04 bits per heavy atom. The number of fused-ring (bicyclic) bond motifs is 1. The molecular weight excluding hydrogens is 348 g/mol. The molecule has 0 saturated carbocycles. The number of nitrogens with one attached hydrogen (secondary N) is 3. The molecule has 0 radical (unpaired) electrons. The lowest BCUT2D eigenvalue weighted by molar-refractivity contribution is 0.0954. The molecule has 5 nitrogen and oxygen atoms in total. The lowest BCUT2D eigenvalue weighted by Crippen LogP contribution is -2.25. The van der Waals surface area contributed by atoms with Crippen LogP contribution in [-0.4, -0.2) is 22.4 Å². The Balaban J connectivity index is 1.34. The summed E-state index contributed by atoms with van der Waals surface area (Å²) in [6.45, 7) is 2.61. The van der Waals surface area contributed by atoms with Crippen LogP contribution in [0.15, 0.2) is 73.1 Å². The summed E-state index contributed by atoms with van der Waals surface area (Å²) in [5.41, 5.74) is 5.01. The van der Waals surface area contributed by atoms with Gasteiger partial charge in [-0.3, -0.25) is 4.79 Å². The lowest BCUT2D eigenvalue weighted by atomic mass is 10.1. The van der Waals surface area contributed by atoms with Crippen molar-refractivity contribution in [3.05, 3.63) is 89.7 Å². The molecule has 1 amide bonds. The van der Waals surface area contributed by atoms with E-state index >= 15 is 0 Å². The van der Waals surface area contributed by atoms with Crippen LogP contribution in [0.25, 0.3) is 10.9 Å². The second-order valence-corrected chi connectivity index (χ2v) is 6.74. The third kappa shape index (κ3) is 3.88. The number of rotatable bonds is 6. The van der Waals surface area contributed by atoms with Crippen molar-refractivity contribution in [2.45, 2.75) is 13.3 Å². The summed E-state index contributed by atoms with van der Waals surface area (Å²) >= 11 is 0. The fraction of sp³-hybridized carbons (Fsp3) is 0.130. The van der Waals surface area contributed by atoms with Gasteiger partial charge in [0.2, 0.25) is 0 Å². The van der Waals surface area contributed by atoms with E-state index in [9.17, 15) is 4.79 Å². The summed E-state index contributed by atoms with van der Waals surface area (Å²) in [5.74, 6) is 0.597. The van der Waals surface area contributed by atoms with Gasteiger partial charge in [0.15, 0.2) is 0 Å². The van der Waals surface area contributed by atoms with Gasteiger partial charge in [-0.25, -0.2) is 4.98 Å². The molecule has 0 spiro atoms. The van der Waals surface area contributed by atoms with E-state index in [0.717, 1.165) is 23.2 Å². The molecule has 0 aliphatic heterocycles. The van der Waals surface area contributed by atoms with Gasteiger partial charge in [-0.1, -0.05) is 36.4 Å². The minimum Gasteiger partial charge on any atom is -0.361 e. The first kappa shape index (κ1) is 17.8. The smallest absolute Gasteiger partial charge is 0.252 e. The largest absolute Gasteiger partial charge is 0.361 e. The molecule has 0 unspecified atom stereocenters. The van der Waals surface area contributed by atoms with E-state index in [1.54, 1.807) is 12.3 Å². The first-order valence-corrected chi connectivity index (χ1v) is 9.32. The highest BCUT2D eigenvalue weighted by Gasteiger charge is 2.08. The number of aromatic nitrogens is 2. The minimum absolute atomic E-state index is 0.116. The van der Waals surface area contributed by atoms with E-state index in [2.05, 4.69) is 32.7 Å². The first-order valence-electron chi connectivity index (χ1n) is 9.32. The lowest BCUT2D eigenvalue weighted by Gasteiger charge is -2.09. The van der Waals surface area contributed by atoms with E-state index < -0.39 is 0 Å². The van der Waals surface area contributed by atoms with Crippen molar-refractivity contribution in [1.82, 2.24) is 15.3 Å². The molecule has 0 bridgehead atoms. The summed E-state index contributed by atoms with van der Waals surface area (Å²) in [7, 11) is 0. The van der Waals surface area contributed by atoms with Crippen LogP contribution in [0, 0.1) is 6.92 Å². The maximum absolute atomic E-state index is 12.4. The zero-order valence-electron chi connectivity index (χ0n) is 15.7. The van der Waals surface area contributed by atoms with Crippen LogP contribution in [0.2, 0.25) is 0 Å². The maximum Gasteiger partial charge on any atom is 0.252 e. The Morgan fingerprint density at radius 3 is 2.68 bits per heavy atom. The molecule has 3 N–H and O–H groups in total. The molecule has 140 valence electrons. The minimum atomic E-state index is -0.116. The van der Waals surface area contributed by atoms with Crippen LogP contribution in [0.3, 0.4) is 0 Å². The third-order valence-corrected chi connectivity index (χ3v) is 4.79. The number of anilines is 2. The fourth-order valence-corrected chi connectivity index (χ4v) is 3.20. The molecule has 0 saturated heterocycles. The number of pyridine rings is 1. The van der Waals surface area contributed by atoms with Crippen LogP contribution in [-0.2, 0) is 6.42 Å². The summed E-state index contributed by atoms with van der Waals surface area (Å²) < 4.78 is 0. The Kier molecular flexibility index (Phi) is 5.06. The number of aryl methyl sites for hydroxylation is 1. The number of hydrogen-bond acceptors (Lipinski definition) is 3. The molecular formula is C23H22N4O. The van der Waals surface area contributed by atoms with Crippen molar-refractivity contribution in [3.63, 3.8) is 0 Å². The molecule has 0 aliphatic carbocycles. The number of H-pyrrole nitrogens is 1. The van der Waals surface area contributed by atoms with E-state index in [1.807, 2.05) is 55.6 Å². The number of hydrogen-bond donors (Lipinski definition) is 3. The second-order valence-electron chi connectivity index (χ2n) is 6.74. The van der Waals surface area contributed by atoms with Crippen LogP contribution >= 0.6 is 0 Å². The molecule has 5 heteroatoms. The molecule has 4 aromatic rings. The highest BCUT2D eigenvalue weighted by atomic mass is 16.1. The van der Waals surface area contributed by atoms with Crippen LogP contribution in [0.1, 0.15) is 21.5 Å². The topological polar surface area (TPSA) is 69.8 Å². The van der Waals surface area contributed by atoms with Crippen molar-refractivity contribution in [1.29, 1.82) is 0 Å². The summed E-state index contributed by atoms with van der Waals surface area (Å²) in [6.07, 6.45) is 4.38. The monoisotopic (exact) mass is 370 g/mol. The summed E-state index contributed by atoms with van der Waals surface area (Å²) in [5, 5.41) is 7.44. The number of nitrogens with zero attached hydrogens (tertiary/aromatic N) is 1. The second kappa shape index (κ2) is 7.96. The highest BCUT2D eigenvalue weighted by molar-refractivity contribution is 5.94. The molecule has 28 heavy (non-hydrogen) atoms.